The topological polar surface area (TPSA) is 95.6 Å². The molecule has 7 nitrogen and oxygen atoms in total. The molecule has 0 aliphatic carbocycles. The van der Waals surface area contributed by atoms with Gasteiger partial charge in [-0.2, -0.15) is 0 Å². The van der Waals surface area contributed by atoms with Crippen LogP contribution in [-0.4, -0.2) is 33.3 Å². The average molecular weight is 396 g/mol. The highest BCUT2D eigenvalue weighted by atomic mass is 32.2. The molecule has 0 aliphatic heterocycles. The first-order valence-corrected chi connectivity index (χ1v) is 10.2. The van der Waals surface area contributed by atoms with Crippen molar-refractivity contribution in [1.29, 1.82) is 0 Å². The highest BCUT2D eigenvalue weighted by Gasteiger charge is 2.17. The summed E-state index contributed by atoms with van der Waals surface area (Å²) in [4.78, 5) is 25.4. The first-order chi connectivity index (χ1) is 12.2. The normalized spacial score (nSPS) is 11.2. The Morgan fingerprint density at radius 2 is 1.73 bits per heavy atom. The van der Waals surface area contributed by atoms with Crippen molar-refractivity contribution in [1.82, 2.24) is 4.72 Å². The third-order valence-corrected chi connectivity index (χ3v) is 6.44. The lowest BCUT2D eigenvalue weighted by Gasteiger charge is -2.21. The van der Waals surface area contributed by atoms with Crippen molar-refractivity contribution < 1.29 is 18.0 Å². The number of carbonyl (C=O) groups excluding carboxylic acids is 2. The maximum atomic E-state index is 12.2. The molecule has 0 saturated heterocycles. The van der Waals surface area contributed by atoms with Crippen LogP contribution in [0.2, 0.25) is 0 Å². The molecule has 9 heteroatoms. The number of sulfonamides is 1. The van der Waals surface area contributed by atoms with E-state index in [-0.39, 0.29) is 29.1 Å². The number of hydrogen-bond donors (Lipinski definition) is 2. The van der Waals surface area contributed by atoms with Crippen LogP contribution >= 0.6 is 11.3 Å². The van der Waals surface area contributed by atoms with Gasteiger partial charge in [0.1, 0.15) is 4.21 Å². The number of aryl methyl sites for hydroxylation is 1. The summed E-state index contributed by atoms with van der Waals surface area (Å²) in [6.07, 6.45) is 0. The minimum atomic E-state index is -3.58. The van der Waals surface area contributed by atoms with Gasteiger partial charge in [0.25, 0.3) is 0 Å². The summed E-state index contributed by atoms with van der Waals surface area (Å²) in [6, 6.07) is 10.1. The fourth-order valence-corrected chi connectivity index (χ4v) is 4.66. The second-order valence-electron chi connectivity index (χ2n) is 5.66. The maximum Gasteiger partial charge on any atom is 0.250 e. The number of thiophene rings is 1. The summed E-state index contributed by atoms with van der Waals surface area (Å²) in [5, 5.41) is 2.65. The molecule has 1 heterocycles. The Kier molecular flexibility index (Phi) is 6.52. The van der Waals surface area contributed by atoms with Gasteiger partial charge in [0.15, 0.2) is 0 Å². The van der Waals surface area contributed by atoms with E-state index in [9.17, 15) is 18.0 Å². The Labute approximate surface area is 157 Å². The van der Waals surface area contributed by atoms with Gasteiger partial charge in [0.05, 0.1) is 0 Å². The number of nitrogens with zero attached hydrogens (tertiary/aromatic N) is 1. The van der Waals surface area contributed by atoms with E-state index in [0.29, 0.717) is 11.4 Å². The van der Waals surface area contributed by atoms with E-state index in [2.05, 4.69) is 10.0 Å². The number of benzene rings is 1. The highest BCUT2D eigenvalue weighted by Crippen LogP contribution is 2.21. The van der Waals surface area contributed by atoms with Crippen LogP contribution in [0.5, 0.6) is 0 Å². The third-order valence-electron chi connectivity index (χ3n) is 3.49. The van der Waals surface area contributed by atoms with Crippen LogP contribution in [0.1, 0.15) is 18.7 Å². The molecule has 0 saturated carbocycles. The number of amides is 2. The molecule has 0 atom stereocenters. The molecule has 2 amide bonds. The van der Waals surface area contributed by atoms with E-state index in [1.807, 2.05) is 6.92 Å². The summed E-state index contributed by atoms with van der Waals surface area (Å²) in [7, 11) is -3.58. The zero-order valence-electron chi connectivity index (χ0n) is 14.8. The van der Waals surface area contributed by atoms with Gasteiger partial charge >= 0.3 is 0 Å². The van der Waals surface area contributed by atoms with Crippen LogP contribution in [0.4, 0.5) is 11.4 Å². The quantitative estimate of drug-likeness (QED) is 0.752. The molecule has 0 bridgehead atoms. The van der Waals surface area contributed by atoms with Crippen LogP contribution in [0.3, 0.4) is 0 Å². The van der Waals surface area contributed by atoms with Gasteiger partial charge in [-0.3, -0.25) is 9.59 Å². The zero-order chi connectivity index (χ0) is 19.3. The molecular formula is C17H21N3O4S2. The van der Waals surface area contributed by atoms with Crippen molar-refractivity contribution in [3.8, 4) is 0 Å². The molecule has 0 fully saturated rings. The summed E-state index contributed by atoms with van der Waals surface area (Å²) in [5.74, 6) is -0.386. The first-order valence-electron chi connectivity index (χ1n) is 7.91. The molecule has 1 aromatic carbocycles. The predicted molar refractivity (Wildman–Crippen MR) is 103 cm³/mol. The molecule has 0 unspecified atom stereocenters. The lowest BCUT2D eigenvalue weighted by atomic mass is 10.2. The van der Waals surface area contributed by atoms with Gasteiger partial charge in [-0.25, -0.2) is 13.1 Å². The Balaban J connectivity index is 2.02. The van der Waals surface area contributed by atoms with Gasteiger partial charge in [-0.15, -0.1) is 11.3 Å². The number of carbonyl (C=O) groups is 2. The standard InChI is InChI=1S/C17H21N3O4S2/c1-12-4-9-17(25-12)26(23,24)18-10-11-20(14(3)22)16-7-5-15(6-8-16)19-13(2)21/h4-9,18H,10-11H2,1-3H3,(H,19,21). The Hall–Kier alpha value is -2.23. The van der Waals surface area contributed by atoms with Gasteiger partial charge < -0.3 is 10.2 Å². The molecule has 2 aromatic rings. The lowest BCUT2D eigenvalue weighted by Crippen LogP contribution is -2.37. The Morgan fingerprint density at radius 3 is 2.23 bits per heavy atom. The monoisotopic (exact) mass is 395 g/mol. The van der Waals surface area contributed by atoms with Crippen LogP contribution < -0.4 is 14.9 Å². The lowest BCUT2D eigenvalue weighted by molar-refractivity contribution is -0.116. The minimum Gasteiger partial charge on any atom is -0.326 e. The van der Waals surface area contributed by atoms with E-state index >= 15 is 0 Å². The smallest absolute Gasteiger partial charge is 0.250 e. The highest BCUT2D eigenvalue weighted by molar-refractivity contribution is 7.91. The minimum absolute atomic E-state index is 0.0896. The van der Waals surface area contributed by atoms with Gasteiger partial charge in [0, 0.05) is 43.2 Å². The molecule has 2 rings (SSSR count). The fraction of sp³-hybridized carbons (Fsp3) is 0.294. The van der Waals surface area contributed by atoms with E-state index in [4.69, 9.17) is 0 Å². The van der Waals surface area contributed by atoms with Gasteiger partial charge in [-0.05, 0) is 43.3 Å². The third kappa shape index (κ3) is 5.38. The van der Waals surface area contributed by atoms with E-state index < -0.39 is 10.0 Å². The van der Waals surface area contributed by atoms with Crippen LogP contribution in [0.15, 0.2) is 40.6 Å². The summed E-state index contributed by atoms with van der Waals surface area (Å²) >= 11 is 1.20. The van der Waals surface area contributed by atoms with Gasteiger partial charge in [0.2, 0.25) is 21.8 Å². The summed E-state index contributed by atoms with van der Waals surface area (Å²) in [5.41, 5.74) is 1.25. The van der Waals surface area contributed by atoms with E-state index in [1.54, 1.807) is 36.4 Å². The second kappa shape index (κ2) is 8.43. The van der Waals surface area contributed by atoms with Gasteiger partial charge in [-0.1, -0.05) is 0 Å². The summed E-state index contributed by atoms with van der Waals surface area (Å²) < 4.78 is 27.2. The van der Waals surface area contributed by atoms with Crippen molar-refractivity contribution in [2.45, 2.75) is 25.0 Å². The molecule has 0 spiro atoms. The molecule has 2 N–H and O–H groups in total. The van der Waals surface area contributed by atoms with Crippen molar-refractivity contribution in [3.05, 3.63) is 41.3 Å². The number of nitrogens with one attached hydrogen (secondary N) is 2. The van der Waals surface area contributed by atoms with Crippen molar-refractivity contribution in [3.63, 3.8) is 0 Å². The number of hydrogen-bond acceptors (Lipinski definition) is 5. The van der Waals surface area contributed by atoms with Crippen molar-refractivity contribution in [2.75, 3.05) is 23.3 Å². The summed E-state index contributed by atoms with van der Waals surface area (Å²) in [6.45, 7) is 4.95. The Bertz CT molecular complexity index is 889. The van der Waals surface area contributed by atoms with E-state index in [1.165, 1.54) is 30.1 Å². The van der Waals surface area contributed by atoms with E-state index in [0.717, 1.165) is 4.88 Å². The van der Waals surface area contributed by atoms with Crippen LogP contribution in [0.25, 0.3) is 0 Å². The maximum absolute atomic E-state index is 12.2. The zero-order valence-corrected chi connectivity index (χ0v) is 16.4. The molecule has 0 radical (unpaired) electrons. The SMILES string of the molecule is CC(=O)Nc1ccc(N(CCNS(=O)(=O)c2ccc(C)s2)C(C)=O)cc1. The molecule has 0 aliphatic rings. The molecule has 140 valence electrons. The average Bonchev–Trinajstić information content (AvgIpc) is 2.99. The van der Waals surface area contributed by atoms with Crippen LogP contribution in [-0.2, 0) is 19.6 Å². The second-order valence-corrected chi connectivity index (χ2v) is 8.94. The predicted octanol–water partition coefficient (Wildman–Crippen LogP) is 2.35. The Morgan fingerprint density at radius 1 is 1.08 bits per heavy atom. The molecule has 1 aromatic heterocycles. The van der Waals surface area contributed by atoms with Crippen molar-refractivity contribution in [2.24, 2.45) is 0 Å². The molecular weight excluding hydrogens is 374 g/mol. The fourth-order valence-electron chi connectivity index (χ4n) is 2.32. The molecule has 26 heavy (non-hydrogen) atoms. The number of rotatable bonds is 7. The van der Waals surface area contributed by atoms with Crippen molar-refractivity contribution >= 4 is 44.5 Å². The largest absolute Gasteiger partial charge is 0.326 e. The number of anilines is 2. The van der Waals surface area contributed by atoms with Crippen LogP contribution in [0, 0.1) is 6.92 Å². The first kappa shape index (κ1) is 20.1.